The third-order valence-electron chi connectivity index (χ3n) is 4.37. The zero-order valence-electron chi connectivity index (χ0n) is 15.6. The molecule has 0 fully saturated rings. The molecule has 2 aromatic rings. The van der Waals surface area contributed by atoms with Crippen LogP contribution in [0.5, 0.6) is 0 Å². The minimum absolute atomic E-state index is 0.0131. The van der Waals surface area contributed by atoms with Crippen LogP contribution in [0.15, 0.2) is 28.9 Å². The van der Waals surface area contributed by atoms with Gasteiger partial charge in [0.25, 0.3) is 0 Å². The number of fused-ring (bicyclic) bond motifs is 1. The Bertz CT molecular complexity index is 889. The van der Waals surface area contributed by atoms with Crippen molar-refractivity contribution in [3.05, 3.63) is 45.7 Å². The van der Waals surface area contributed by atoms with E-state index < -0.39 is 24.1 Å². The summed E-state index contributed by atoms with van der Waals surface area (Å²) in [6.45, 7) is 0.401. The van der Waals surface area contributed by atoms with Crippen LogP contribution < -0.4 is 10.2 Å². The Morgan fingerprint density at radius 2 is 2.03 bits per heavy atom. The van der Waals surface area contributed by atoms with Crippen molar-refractivity contribution in [2.75, 3.05) is 31.0 Å². The number of hydrogen-bond donors (Lipinski definition) is 1. The van der Waals surface area contributed by atoms with Crippen LogP contribution in [0.1, 0.15) is 29.5 Å². The molecule has 2 aromatic heterocycles. The molecule has 0 aliphatic carbocycles. The number of anilines is 2. The molecule has 156 valence electrons. The maximum absolute atomic E-state index is 12.8. The normalized spacial score (nSPS) is 14.1. The summed E-state index contributed by atoms with van der Waals surface area (Å²) in [5.74, 6) is 0.456. The van der Waals surface area contributed by atoms with Gasteiger partial charge >= 0.3 is 12.2 Å². The molecule has 3 rings (SSSR count). The topological polar surface area (TPSA) is 76.6 Å². The highest BCUT2D eigenvalue weighted by Gasteiger charge is 2.31. The van der Waals surface area contributed by atoms with Gasteiger partial charge in [-0.25, -0.2) is 14.8 Å². The molecule has 2 amide bonds. The van der Waals surface area contributed by atoms with Gasteiger partial charge in [0.1, 0.15) is 17.3 Å². The number of aromatic nitrogens is 2. The van der Waals surface area contributed by atoms with E-state index >= 15 is 0 Å². The Morgan fingerprint density at radius 1 is 1.31 bits per heavy atom. The van der Waals surface area contributed by atoms with Gasteiger partial charge in [0.2, 0.25) is 6.29 Å². The van der Waals surface area contributed by atoms with Crippen LogP contribution in [0.2, 0.25) is 0 Å². The van der Waals surface area contributed by atoms with E-state index in [-0.39, 0.29) is 5.82 Å². The van der Waals surface area contributed by atoms with Crippen LogP contribution in [0.4, 0.5) is 29.6 Å². The minimum atomic E-state index is -4.49. The second-order valence-corrected chi connectivity index (χ2v) is 7.11. The van der Waals surface area contributed by atoms with E-state index in [1.807, 2.05) is 6.07 Å². The zero-order valence-corrected chi connectivity index (χ0v) is 17.2. The van der Waals surface area contributed by atoms with Gasteiger partial charge in [0.05, 0.1) is 5.56 Å². The predicted octanol–water partition coefficient (Wildman–Crippen LogP) is 4.53. The van der Waals surface area contributed by atoms with Gasteiger partial charge in [-0.1, -0.05) is 0 Å². The molecule has 0 spiro atoms. The number of alkyl halides is 3. The van der Waals surface area contributed by atoms with Crippen molar-refractivity contribution in [2.45, 2.75) is 25.3 Å². The van der Waals surface area contributed by atoms with E-state index in [0.717, 1.165) is 24.1 Å². The van der Waals surface area contributed by atoms with Crippen LogP contribution in [-0.4, -0.2) is 36.8 Å². The summed E-state index contributed by atoms with van der Waals surface area (Å²) in [5, 5.41) is 2.52. The number of aryl methyl sites for hydroxylation is 1. The Balaban J connectivity index is 1.85. The Labute approximate surface area is 173 Å². The second kappa shape index (κ2) is 8.64. The van der Waals surface area contributed by atoms with Gasteiger partial charge in [0, 0.05) is 31.4 Å². The van der Waals surface area contributed by atoms with Crippen molar-refractivity contribution in [1.29, 1.82) is 0 Å². The molecule has 1 N–H and O–H groups in total. The number of rotatable bonds is 4. The molecule has 7 nitrogen and oxygen atoms in total. The van der Waals surface area contributed by atoms with E-state index in [0.29, 0.717) is 35.1 Å². The lowest BCUT2D eigenvalue weighted by Gasteiger charge is -2.29. The number of carbonyl (C=O) groups excluding carboxylic acids is 1. The fraction of sp³-hybridized carbons (Fsp3) is 0.389. The molecule has 0 saturated heterocycles. The quantitative estimate of drug-likeness (QED) is 0.658. The number of halogens is 4. The second-order valence-electron chi connectivity index (χ2n) is 6.26. The third-order valence-corrected chi connectivity index (χ3v) is 5.00. The molecule has 3 heterocycles. The van der Waals surface area contributed by atoms with Crippen LogP contribution in [0.3, 0.4) is 0 Å². The molecule has 0 bridgehead atoms. The summed E-state index contributed by atoms with van der Waals surface area (Å²) >= 11 is 3.45. The summed E-state index contributed by atoms with van der Waals surface area (Å²) in [6.07, 6.45) is -3.10. The van der Waals surface area contributed by atoms with E-state index in [9.17, 15) is 18.0 Å². The molecule has 0 saturated carbocycles. The number of ether oxygens (including phenoxy) is 2. The van der Waals surface area contributed by atoms with Crippen molar-refractivity contribution in [2.24, 2.45) is 0 Å². The fourth-order valence-electron chi connectivity index (χ4n) is 2.98. The molecule has 1 aliphatic rings. The van der Waals surface area contributed by atoms with Crippen molar-refractivity contribution in [1.82, 2.24) is 9.97 Å². The first-order valence-corrected chi connectivity index (χ1v) is 9.40. The molecule has 0 radical (unpaired) electrons. The van der Waals surface area contributed by atoms with E-state index in [1.165, 1.54) is 19.1 Å². The van der Waals surface area contributed by atoms with Gasteiger partial charge in [0.15, 0.2) is 0 Å². The van der Waals surface area contributed by atoms with Crippen LogP contribution >= 0.6 is 15.9 Å². The average molecular weight is 475 g/mol. The number of methoxy groups -OCH3 is 2. The first kappa shape index (κ1) is 21.5. The average Bonchev–Trinajstić information content (AvgIpc) is 2.68. The van der Waals surface area contributed by atoms with Crippen LogP contribution in [0, 0.1) is 0 Å². The number of nitrogens with one attached hydrogen (secondary N) is 1. The number of amides is 2. The Kier molecular flexibility index (Phi) is 6.39. The predicted molar refractivity (Wildman–Crippen MR) is 103 cm³/mol. The van der Waals surface area contributed by atoms with Crippen molar-refractivity contribution in [3.8, 4) is 0 Å². The summed E-state index contributed by atoms with van der Waals surface area (Å²) < 4.78 is 49.2. The van der Waals surface area contributed by atoms with Crippen molar-refractivity contribution >= 4 is 33.6 Å². The lowest BCUT2D eigenvalue weighted by Crippen LogP contribution is -2.39. The smallest absolute Gasteiger partial charge is 0.350 e. The monoisotopic (exact) mass is 474 g/mol. The number of urea groups is 1. The van der Waals surface area contributed by atoms with Crippen molar-refractivity contribution < 1.29 is 27.4 Å². The van der Waals surface area contributed by atoms with Crippen molar-refractivity contribution in [3.63, 3.8) is 0 Å². The Hall–Kier alpha value is -2.24. The van der Waals surface area contributed by atoms with Gasteiger partial charge < -0.3 is 9.47 Å². The van der Waals surface area contributed by atoms with E-state index in [2.05, 4.69) is 31.2 Å². The molecule has 0 atom stereocenters. The first-order valence-electron chi connectivity index (χ1n) is 8.61. The standard InChI is InChI=1S/C18H18BrF3N4O3/c1-28-16(29-2)14-12(19)8-10-4-3-7-26(15(10)25-14)17(27)24-13-6-5-11(9-23-13)18(20,21)22/h5-6,8-9,16H,3-4,7H2,1-2H3,(H,23,24,27). The fourth-order valence-corrected chi connectivity index (χ4v) is 3.53. The molecule has 0 unspecified atom stereocenters. The third kappa shape index (κ3) is 4.68. The summed E-state index contributed by atoms with van der Waals surface area (Å²) in [6, 6.07) is 3.30. The van der Waals surface area contributed by atoms with Gasteiger partial charge in [-0.3, -0.25) is 10.2 Å². The SMILES string of the molecule is COC(OC)c1nc2c(cc1Br)CCCN2C(=O)Nc1ccc(C(F)(F)F)cn1. The summed E-state index contributed by atoms with van der Waals surface area (Å²) in [4.78, 5) is 22.4. The van der Waals surface area contributed by atoms with Gasteiger partial charge in [-0.2, -0.15) is 13.2 Å². The number of pyridine rings is 2. The molecule has 1 aliphatic heterocycles. The summed E-state index contributed by atoms with van der Waals surface area (Å²) in [5.41, 5.74) is 0.439. The highest BCUT2D eigenvalue weighted by atomic mass is 79.9. The minimum Gasteiger partial charge on any atom is -0.350 e. The highest BCUT2D eigenvalue weighted by molar-refractivity contribution is 9.10. The lowest BCUT2D eigenvalue weighted by atomic mass is 10.1. The number of nitrogens with zero attached hydrogens (tertiary/aromatic N) is 3. The first-order chi connectivity index (χ1) is 13.7. The largest absolute Gasteiger partial charge is 0.417 e. The van der Waals surface area contributed by atoms with Crippen LogP contribution in [-0.2, 0) is 22.1 Å². The zero-order chi connectivity index (χ0) is 21.2. The lowest BCUT2D eigenvalue weighted by molar-refractivity contribution is -0.137. The van der Waals surface area contributed by atoms with E-state index in [4.69, 9.17) is 9.47 Å². The molecule has 0 aromatic carbocycles. The maximum atomic E-state index is 12.8. The molecule has 11 heteroatoms. The Morgan fingerprint density at radius 3 is 2.62 bits per heavy atom. The highest BCUT2D eigenvalue weighted by Crippen LogP contribution is 2.34. The van der Waals surface area contributed by atoms with Gasteiger partial charge in [-0.15, -0.1) is 0 Å². The van der Waals surface area contributed by atoms with Gasteiger partial charge in [-0.05, 0) is 52.5 Å². The molecular weight excluding hydrogens is 457 g/mol. The maximum Gasteiger partial charge on any atom is 0.417 e. The molecule has 29 heavy (non-hydrogen) atoms. The van der Waals surface area contributed by atoms with Crippen LogP contribution in [0.25, 0.3) is 0 Å². The molecular formula is C18H18BrF3N4O3. The number of hydrogen-bond acceptors (Lipinski definition) is 5. The van der Waals surface area contributed by atoms with E-state index in [1.54, 1.807) is 0 Å². The number of carbonyl (C=O) groups is 1. The summed E-state index contributed by atoms with van der Waals surface area (Å²) in [7, 11) is 2.95.